The van der Waals surface area contributed by atoms with Crippen LogP contribution in [0.25, 0.3) is 0 Å². The Kier molecular flexibility index (Phi) is 4.52. The third-order valence-electron chi connectivity index (χ3n) is 1.41. The summed E-state index contributed by atoms with van der Waals surface area (Å²) in [5.74, 6) is 2.60. The molecule has 0 unspecified atom stereocenters. The maximum absolute atomic E-state index is 4.36. The minimum Gasteiger partial charge on any atom is -0.369 e. The summed E-state index contributed by atoms with van der Waals surface area (Å²) in [5, 5.41) is 3.17. The van der Waals surface area contributed by atoms with Gasteiger partial charge in [-0.3, -0.25) is 0 Å². The molecule has 5 heteroatoms. The first-order chi connectivity index (χ1) is 6.27. The largest absolute Gasteiger partial charge is 0.369 e. The van der Waals surface area contributed by atoms with Gasteiger partial charge in [-0.25, -0.2) is 9.97 Å². The number of aromatic nitrogens is 2. The van der Waals surface area contributed by atoms with Crippen LogP contribution in [0, 0.1) is 0 Å². The second-order valence-electron chi connectivity index (χ2n) is 2.45. The monoisotopic (exact) mass is 261 g/mol. The van der Waals surface area contributed by atoms with E-state index in [1.165, 1.54) is 0 Å². The predicted octanol–water partition coefficient (Wildman–Crippen LogP) is 2.53. The average Bonchev–Trinajstić information content (AvgIpc) is 2.12. The number of hydrogen-bond acceptors (Lipinski definition) is 4. The first kappa shape index (κ1) is 10.8. The lowest BCUT2D eigenvalue weighted by atomic mass is 10.5. The highest BCUT2D eigenvalue weighted by Gasteiger charge is 2.02. The van der Waals surface area contributed by atoms with Gasteiger partial charge in [0.2, 0.25) is 0 Å². The zero-order valence-corrected chi connectivity index (χ0v) is 10.1. The lowest BCUT2D eigenvalue weighted by Crippen LogP contribution is -2.03. The van der Waals surface area contributed by atoms with E-state index in [0.29, 0.717) is 0 Å². The van der Waals surface area contributed by atoms with Crippen molar-refractivity contribution in [3.8, 4) is 0 Å². The third-order valence-corrected chi connectivity index (χ3v) is 2.54. The Balaban J connectivity index is 2.83. The van der Waals surface area contributed by atoms with Crippen molar-refractivity contribution < 1.29 is 0 Å². The topological polar surface area (TPSA) is 37.8 Å². The van der Waals surface area contributed by atoms with Crippen LogP contribution in [0.5, 0.6) is 0 Å². The molecule has 0 saturated carbocycles. The summed E-state index contributed by atoms with van der Waals surface area (Å²) in [6.07, 6.45) is 3.83. The van der Waals surface area contributed by atoms with Crippen LogP contribution >= 0.6 is 27.7 Å². The fourth-order valence-electron chi connectivity index (χ4n) is 0.894. The van der Waals surface area contributed by atoms with Crippen molar-refractivity contribution in [1.29, 1.82) is 0 Å². The van der Waals surface area contributed by atoms with Crippen LogP contribution in [0.1, 0.15) is 12.7 Å². The second-order valence-corrected chi connectivity index (χ2v) is 4.17. The van der Waals surface area contributed by atoms with Crippen LogP contribution in [-0.2, 0) is 5.75 Å². The number of halogens is 1. The number of thioether (sulfide) groups is 1. The Labute approximate surface area is 90.9 Å². The van der Waals surface area contributed by atoms with Gasteiger partial charge in [0, 0.05) is 12.7 Å². The molecule has 0 radical (unpaired) electrons. The number of nitrogens with zero attached hydrogens (tertiary/aromatic N) is 2. The van der Waals surface area contributed by atoms with Crippen molar-refractivity contribution in [3.63, 3.8) is 0 Å². The molecule has 0 fully saturated rings. The van der Waals surface area contributed by atoms with Crippen molar-refractivity contribution in [3.05, 3.63) is 16.5 Å². The third kappa shape index (κ3) is 3.15. The van der Waals surface area contributed by atoms with Crippen molar-refractivity contribution in [2.45, 2.75) is 12.7 Å². The molecule has 1 aromatic rings. The molecule has 0 spiro atoms. The van der Waals surface area contributed by atoms with Crippen LogP contribution < -0.4 is 5.32 Å². The molecule has 0 aliphatic rings. The Morgan fingerprint density at radius 3 is 3.00 bits per heavy atom. The maximum Gasteiger partial charge on any atom is 0.144 e. The first-order valence-corrected chi connectivity index (χ1v) is 6.20. The maximum atomic E-state index is 4.36. The summed E-state index contributed by atoms with van der Waals surface area (Å²) < 4.78 is 0.916. The highest BCUT2D eigenvalue weighted by molar-refractivity contribution is 9.10. The summed E-state index contributed by atoms with van der Waals surface area (Å²) in [5.41, 5.74) is 0. The van der Waals surface area contributed by atoms with Crippen LogP contribution in [0.2, 0.25) is 0 Å². The van der Waals surface area contributed by atoms with E-state index in [-0.39, 0.29) is 0 Å². The van der Waals surface area contributed by atoms with Crippen molar-refractivity contribution in [2.75, 3.05) is 18.1 Å². The highest BCUT2D eigenvalue weighted by Crippen LogP contribution is 2.19. The lowest BCUT2D eigenvalue weighted by molar-refractivity contribution is 1.01. The van der Waals surface area contributed by atoms with E-state index in [1.807, 2.05) is 13.2 Å². The van der Waals surface area contributed by atoms with Gasteiger partial charge in [-0.1, -0.05) is 0 Å². The SMILES string of the molecule is CCNc1nc(CSC)ncc1Br. The van der Waals surface area contributed by atoms with Crippen LogP contribution in [0.3, 0.4) is 0 Å². The zero-order chi connectivity index (χ0) is 9.68. The van der Waals surface area contributed by atoms with Crippen molar-refractivity contribution in [2.24, 2.45) is 0 Å². The fraction of sp³-hybridized carbons (Fsp3) is 0.500. The lowest BCUT2D eigenvalue weighted by Gasteiger charge is -2.05. The standard InChI is InChI=1S/C8H12BrN3S/c1-3-10-8-6(9)4-11-7(12-8)5-13-2/h4H,3,5H2,1-2H3,(H,10,11,12). The molecule has 0 atom stereocenters. The zero-order valence-electron chi connectivity index (χ0n) is 7.67. The molecule has 1 N–H and O–H groups in total. The minimum atomic E-state index is 0.853. The fourth-order valence-corrected chi connectivity index (χ4v) is 1.62. The van der Waals surface area contributed by atoms with E-state index in [0.717, 1.165) is 28.4 Å². The number of hydrogen-bond donors (Lipinski definition) is 1. The quantitative estimate of drug-likeness (QED) is 0.904. The molecular formula is C8H12BrN3S. The molecule has 72 valence electrons. The van der Waals surface area contributed by atoms with Gasteiger partial charge in [0.1, 0.15) is 11.6 Å². The van der Waals surface area contributed by atoms with Gasteiger partial charge in [-0.15, -0.1) is 0 Å². The molecule has 1 rings (SSSR count). The molecule has 1 heterocycles. The van der Waals surface area contributed by atoms with E-state index in [9.17, 15) is 0 Å². The summed E-state index contributed by atoms with van der Waals surface area (Å²) in [6, 6.07) is 0. The van der Waals surface area contributed by atoms with E-state index in [2.05, 4.69) is 31.2 Å². The Morgan fingerprint density at radius 1 is 1.62 bits per heavy atom. The molecule has 0 aliphatic carbocycles. The predicted molar refractivity (Wildman–Crippen MR) is 61.1 cm³/mol. The summed E-state index contributed by atoms with van der Waals surface area (Å²) in [4.78, 5) is 8.55. The molecule has 0 aromatic carbocycles. The summed E-state index contributed by atoms with van der Waals surface area (Å²) in [7, 11) is 0. The van der Waals surface area contributed by atoms with Crippen LogP contribution in [0.15, 0.2) is 10.7 Å². The number of anilines is 1. The van der Waals surface area contributed by atoms with Crippen LogP contribution in [-0.4, -0.2) is 22.8 Å². The number of rotatable bonds is 4. The van der Waals surface area contributed by atoms with Crippen molar-refractivity contribution >= 4 is 33.5 Å². The second kappa shape index (κ2) is 5.44. The van der Waals surface area contributed by atoms with Crippen molar-refractivity contribution in [1.82, 2.24) is 9.97 Å². The molecule has 3 nitrogen and oxygen atoms in total. The molecule has 0 bridgehead atoms. The molecule has 0 amide bonds. The highest BCUT2D eigenvalue weighted by atomic mass is 79.9. The van der Waals surface area contributed by atoms with Gasteiger partial charge in [0.25, 0.3) is 0 Å². The molecule has 13 heavy (non-hydrogen) atoms. The normalized spacial score (nSPS) is 10.1. The van der Waals surface area contributed by atoms with Gasteiger partial charge in [0.05, 0.1) is 10.2 Å². The van der Waals surface area contributed by atoms with E-state index < -0.39 is 0 Å². The van der Waals surface area contributed by atoms with E-state index in [1.54, 1.807) is 18.0 Å². The first-order valence-electron chi connectivity index (χ1n) is 4.02. The number of nitrogens with one attached hydrogen (secondary N) is 1. The van der Waals surface area contributed by atoms with Gasteiger partial charge in [-0.2, -0.15) is 11.8 Å². The van der Waals surface area contributed by atoms with E-state index >= 15 is 0 Å². The van der Waals surface area contributed by atoms with Crippen LogP contribution in [0.4, 0.5) is 5.82 Å². The van der Waals surface area contributed by atoms with Gasteiger partial charge in [-0.05, 0) is 29.1 Å². The Morgan fingerprint density at radius 2 is 2.38 bits per heavy atom. The molecular weight excluding hydrogens is 250 g/mol. The minimum absolute atomic E-state index is 0.853. The molecule has 1 aromatic heterocycles. The molecule has 0 saturated heterocycles. The van der Waals surface area contributed by atoms with Gasteiger partial charge in [0.15, 0.2) is 0 Å². The molecule has 0 aliphatic heterocycles. The van der Waals surface area contributed by atoms with Gasteiger partial charge < -0.3 is 5.32 Å². The smallest absolute Gasteiger partial charge is 0.144 e. The van der Waals surface area contributed by atoms with E-state index in [4.69, 9.17) is 0 Å². The van der Waals surface area contributed by atoms with Gasteiger partial charge >= 0.3 is 0 Å². The Hall–Kier alpha value is -0.290. The average molecular weight is 262 g/mol. The summed E-state index contributed by atoms with van der Waals surface area (Å²) >= 11 is 5.11. The summed E-state index contributed by atoms with van der Waals surface area (Å²) in [6.45, 7) is 2.91. The Bertz CT molecular complexity index is 280.